The van der Waals surface area contributed by atoms with E-state index < -0.39 is 0 Å². The van der Waals surface area contributed by atoms with E-state index in [1.54, 1.807) is 0 Å². The zero-order valence-corrected chi connectivity index (χ0v) is 8.28. The van der Waals surface area contributed by atoms with E-state index in [0.29, 0.717) is 6.61 Å². The zero-order chi connectivity index (χ0) is 8.84. The van der Waals surface area contributed by atoms with E-state index in [9.17, 15) is 0 Å². The van der Waals surface area contributed by atoms with Crippen LogP contribution in [-0.4, -0.2) is 11.7 Å². The van der Waals surface area contributed by atoms with Gasteiger partial charge in [0.2, 0.25) is 0 Å². The van der Waals surface area contributed by atoms with Crippen molar-refractivity contribution >= 4 is 0 Å². The van der Waals surface area contributed by atoms with Gasteiger partial charge in [-0.25, -0.2) is 0 Å². The van der Waals surface area contributed by atoms with Crippen molar-refractivity contribution in [2.45, 2.75) is 38.5 Å². The van der Waals surface area contributed by atoms with Gasteiger partial charge < -0.3 is 5.11 Å². The molecule has 0 heterocycles. The van der Waals surface area contributed by atoms with Gasteiger partial charge in [-0.3, -0.25) is 0 Å². The summed E-state index contributed by atoms with van der Waals surface area (Å²) in [7, 11) is 0. The molecule has 1 nitrogen and oxygen atoms in total. The first kappa shape index (κ1) is 8.28. The van der Waals surface area contributed by atoms with Gasteiger partial charge in [-0.1, -0.05) is 0 Å². The standard InChI is InChI=1S/C12H20O/c13-2-1-10-4-8-3-9-6-11(5-8)12(10)7-9/h8-13H,1-7H2. The lowest BCUT2D eigenvalue weighted by molar-refractivity contribution is 0.0961. The Morgan fingerprint density at radius 3 is 2.46 bits per heavy atom. The third kappa shape index (κ3) is 1.24. The molecule has 3 aliphatic carbocycles. The largest absolute Gasteiger partial charge is 0.396 e. The van der Waals surface area contributed by atoms with Crippen molar-refractivity contribution in [2.24, 2.45) is 29.6 Å². The van der Waals surface area contributed by atoms with Crippen LogP contribution in [0.2, 0.25) is 0 Å². The van der Waals surface area contributed by atoms with Gasteiger partial charge in [-0.2, -0.15) is 0 Å². The van der Waals surface area contributed by atoms with E-state index in [1.165, 1.54) is 32.1 Å². The predicted molar refractivity (Wildman–Crippen MR) is 52.2 cm³/mol. The second-order valence-corrected chi connectivity index (χ2v) is 5.61. The van der Waals surface area contributed by atoms with Crippen molar-refractivity contribution < 1.29 is 5.11 Å². The van der Waals surface area contributed by atoms with Crippen LogP contribution < -0.4 is 0 Å². The molecule has 1 N–H and O–H groups in total. The monoisotopic (exact) mass is 180 g/mol. The molecule has 0 aromatic heterocycles. The Bertz CT molecular complexity index is 199. The van der Waals surface area contributed by atoms with Gasteiger partial charge in [-0.15, -0.1) is 0 Å². The Labute approximate surface area is 80.5 Å². The fourth-order valence-electron chi connectivity index (χ4n) is 4.61. The van der Waals surface area contributed by atoms with E-state index >= 15 is 0 Å². The topological polar surface area (TPSA) is 20.2 Å². The number of hydrogen-bond acceptors (Lipinski definition) is 1. The lowest BCUT2D eigenvalue weighted by Crippen LogP contribution is -2.30. The summed E-state index contributed by atoms with van der Waals surface area (Å²) in [6.45, 7) is 0.422. The Kier molecular flexibility index (Phi) is 1.90. The number of fused-ring (bicyclic) bond motifs is 2. The molecule has 5 atom stereocenters. The molecule has 0 aromatic rings. The normalized spacial score (nSPS) is 52.8. The van der Waals surface area contributed by atoms with Gasteiger partial charge in [0.1, 0.15) is 0 Å². The third-order valence-electron chi connectivity index (χ3n) is 4.89. The van der Waals surface area contributed by atoms with Crippen molar-refractivity contribution in [1.82, 2.24) is 0 Å². The van der Waals surface area contributed by atoms with E-state index in [0.717, 1.165) is 36.0 Å². The molecule has 0 aliphatic heterocycles. The molecule has 1 heteroatoms. The molecular formula is C12H20O. The first-order valence-electron chi connectivity index (χ1n) is 5.97. The summed E-state index contributed by atoms with van der Waals surface area (Å²) >= 11 is 0. The summed E-state index contributed by atoms with van der Waals surface area (Å²) < 4.78 is 0. The smallest absolute Gasteiger partial charge is 0.0433 e. The molecule has 3 fully saturated rings. The molecule has 3 aliphatic rings. The van der Waals surface area contributed by atoms with E-state index in [-0.39, 0.29) is 0 Å². The maximum atomic E-state index is 9.04. The lowest BCUT2D eigenvalue weighted by atomic mass is 9.66. The molecule has 13 heavy (non-hydrogen) atoms. The van der Waals surface area contributed by atoms with Crippen LogP contribution in [0.5, 0.6) is 0 Å². The van der Waals surface area contributed by atoms with E-state index in [1.807, 2.05) is 0 Å². The van der Waals surface area contributed by atoms with E-state index in [2.05, 4.69) is 0 Å². The first-order valence-corrected chi connectivity index (χ1v) is 5.97. The fourth-order valence-corrected chi connectivity index (χ4v) is 4.61. The van der Waals surface area contributed by atoms with Crippen LogP contribution in [0.4, 0.5) is 0 Å². The molecule has 0 spiro atoms. The van der Waals surface area contributed by atoms with Crippen molar-refractivity contribution in [1.29, 1.82) is 0 Å². The van der Waals surface area contributed by atoms with Crippen LogP contribution >= 0.6 is 0 Å². The van der Waals surface area contributed by atoms with Crippen LogP contribution in [0.3, 0.4) is 0 Å². The molecular weight excluding hydrogens is 160 g/mol. The second kappa shape index (κ2) is 2.98. The summed E-state index contributed by atoms with van der Waals surface area (Å²) in [4.78, 5) is 0. The maximum Gasteiger partial charge on any atom is 0.0433 e. The first-order chi connectivity index (χ1) is 6.36. The molecule has 74 valence electrons. The van der Waals surface area contributed by atoms with Crippen molar-refractivity contribution in [3.63, 3.8) is 0 Å². The minimum Gasteiger partial charge on any atom is -0.396 e. The van der Waals surface area contributed by atoms with Crippen molar-refractivity contribution in [3.8, 4) is 0 Å². The average Bonchev–Trinajstić information content (AvgIpc) is 2.33. The number of rotatable bonds is 2. The molecule has 3 saturated carbocycles. The predicted octanol–water partition coefficient (Wildman–Crippen LogP) is 2.44. The molecule has 5 unspecified atom stereocenters. The highest BCUT2D eigenvalue weighted by Gasteiger charge is 2.48. The van der Waals surface area contributed by atoms with Crippen LogP contribution in [-0.2, 0) is 0 Å². The maximum absolute atomic E-state index is 9.04. The molecule has 0 amide bonds. The van der Waals surface area contributed by atoms with Crippen LogP contribution in [0.15, 0.2) is 0 Å². The number of hydrogen-bond donors (Lipinski definition) is 1. The summed E-state index contributed by atoms with van der Waals surface area (Å²) in [5.74, 6) is 5.09. The zero-order valence-electron chi connectivity index (χ0n) is 8.28. The van der Waals surface area contributed by atoms with Crippen LogP contribution in [0, 0.1) is 29.6 Å². The van der Waals surface area contributed by atoms with Gasteiger partial charge in [0.25, 0.3) is 0 Å². The van der Waals surface area contributed by atoms with Crippen molar-refractivity contribution in [2.75, 3.05) is 6.61 Å². The summed E-state index contributed by atoms with van der Waals surface area (Å²) in [5.41, 5.74) is 0. The number of aliphatic hydroxyl groups is 1. The van der Waals surface area contributed by atoms with Gasteiger partial charge in [-0.05, 0) is 68.1 Å². The molecule has 0 saturated heterocycles. The molecule has 0 aromatic carbocycles. The van der Waals surface area contributed by atoms with Gasteiger partial charge in [0, 0.05) is 6.61 Å². The summed E-state index contributed by atoms with van der Waals surface area (Å²) in [6.07, 6.45) is 8.62. The summed E-state index contributed by atoms with van der Waals surface area (Å²) in [6, 6.07) is 0. The second-order valence-electron chi connectivity index (χ2n) is 5.61. The minimum atomic E-state index is 0.422. The average molecular weight is 180 g/mol. The highest BCUT2D eigenvalue weighted by molar-refractivity contribution is 4.98. The van der Waals surface area contributed by atoms with Crippen LogP contribution in [0.25, 0.3) is 0 Å². The van der Waals surface area contributed by atoms with Gasteiger partial charge >= 0.3 is 0 Å². The van der Waals surface area contributed by atoms with E-state index in [4.69, 9.17) is 5.11 Å². The fraction of sp³-hybridized carbons (Fsp3) is 1.00. The molecule has 0 radical (unpaired) electrons. The third-order valence-corrected chi connectivity index (χ3v) is 4.89. The van der Waals surface area contributed by atoms with Gasteiger partial charge in [0.05, 0.1) is 0 Å². The van der Waals surface area contributed by atoms with Gasteiger partial charge in [0.15, 0.2) is 0 Å². The Balaban J connectivity index is 1.79. The Morgan fingerprint density at radius 1 is 0.923 bits per heavy atom. The Hall–Kier alpha value is -0.0400. The molecule has 3 rings (SSSR count). The summed E-state index contributed by atoms with van der Waals surface area (Å²) in [5, 5.41) is 9.04. The highest BCUT2D eigenvalue weighted by atomic mass is 16.3. The lowest BCUT2D eigenvalue weighted by Gasteiger charge is -2.39. The van der Waals surface area contributed by atoms with Crippen molar-refractivity contribution in [3.05, 3.63) is 0 Å². The SMILES string of the molecule is OCCC1CC2CC3CC(C2)C1C3. The number of aliphatic hydroxyl groups excluding tert-OH is 1. The van der Waals surface area contributed by atoms with Crippen LogP contribution in [0.1, 0.15) is 38.5 Å². The Morgan fingerprint density at radius 2 is 1.69 bits per heavy atom. The molecule has 3 bridgehead atoms. The highest BCUT2D eigenvalue weighted by Crippen LogP contribution is 2.57. The quantitative estimate of drug-likeness (QED) is 0.692. The minimum absolute atomic E-state index is 0.422.